The quantitative estimate of drug-likeness (QED) is 0.423. The van der Waals surface area contributed by atoms with Crippen LogP contribution in [-0.4, -0.2) is 12.8 Å². The Kier molecular flexibility index (Phi) is 6.15. The van der Waals surface area contributed by atoms with Crippen LogP contribution in [0.3, 0.4) is 0 Å². The van der Waals surface area contributed by atoms with E-state index in [1.165, 1.54) is 24.3 Å². The Hall–Kier alpha value is -2.63. The molecular weight excluding hydrogens is 423 g/mol. The predicted molar refractivity (Wildman–Crippen MR) is 115 cm³/mol. The average molecular weight is 448 g/mol. The van der Waals surface area contributed by atoms with Gasteiger partial charge in [0, 0.05) is 22.3 Å². The Morgan fingerprint density at radius 1 is 0.938 bits per heavy atom. The fourth-order valence-corrected chi connectivity index (χ4v) is 4.82. The molecule has 2 aromatic rings. The number of fused-ring (bicyclic) bond motifs is 2. The summed E-state index contributed by atoms with van der Waals surface area (Å²) >= 11 is 0. The number of aryl methyl sites for hydroxylation is 1. The lowest BCUT2D eigenvalue weighted by molar-refractivity contribution is 0.186. The zero-order valence-electron chi connectivity index (χ0n) is 18.2. The zero-order valence-corrected chi connectivity index (χ0v) is 18.2. The number of ether oxygens (including phenoxy) is 1. The van der Waals surface area contributed by atoms with Crippen molar-refractivity contribution >= 4 is 11.1 Å². The van der Waals surface area contributed by atoms with Gasteiger partial charge in [-0.3, -0.25) is 0 Å². The van der Waals surface area contributed by atoms with Gasteiger partial charge in [0.15, 0.2) is 23.9 Å². The van der Waals surface area contributed by atoms with Crippen molar-refractivity contribution in [3.05, 3.63) is 75.6 Å². The van der Waals surface area contributed by atoms with Gasteiger partial charge in [-0.25, -0.2) is 22.0 Å². The molecule has 3 unspecified atom stereocenters. The van der Waals surface area contributed by atoms with Crippen LogP contribution < -0.4 is 4.74 Å². The molecule has 3 atom stereocenters. The molecular formula is C26H25F5O. The number of allylic oxidation sites excluding steroid dienone is 4. The van der Waals surface area contributed by atoms with Gasteiger partial charge < -0.3 is 4.74 Å². The van der Waals surface area contributed by atoms with Gasteiger partial charge >= 0.3 is 0 Å². The Morgan fingerprint density at radius 3 is 2.31 bits per heavy atom. The molecule has 0 saturated carbocycles. The molecule has 4 rings (SSSR count). The minimum Gasteiger partial charge on any atom is -0.491 e. The number of hydrogen-bond acceptors (Lipinski definition) is 1. The van der Waals surface area contributed by atoms with Crippen LogP contribution in [0.2, 0.25) is 0 Å². The summed E-state index contributed by atoms with van der Waals surface area (Å²) in [5.74, 6) is -3.19. The highest BCUT2D eigenvalue weighted by Crippen LogP contribution is 2.53. The van der Waals surface area contributed by atoms with E-state index in [4.69, 9.17) is 4.74 Å². The average Bonchev–Trinajstić information content (AvgIpc) is 2.75. The normalized spacial score (nSPS) is 22.7. The van der Waals surface area contributed by atoms with Gasteiger partial charge in [0.25, 0.3) is 0 Å². The fraction of sp³-hybridized carbons (Fsp3) is 0.385. The van der Waals surface area contributed by atoms with Crippen molar-refractivity contribution in [2.75, 3.05) is 6.61 Å². The number of benzene rings is 2. The van der Waals surface area contributed by atoms with Crippen LogP contribution in [0.4, 0.5) is 22.0 Å². The summed E-state index contributed by atoms with van der Waals surface area (Å²) in [7, 11) is 0. The van der Waals surface area contributed by atoms with Gasteiger partial charge in [-0.15, -0.1) is 0 Å². The molecule has 0 amide bonds. The van der Waals surface area contributed by atoms with E-state index in [0.29, 0.717) is 6.42 Å². The maximum atomic E-state index is 15.7. The smallest absolute Gasteiger partial charge is 0.171 e. The molecule has 0 radical (unpaired) electrons. The van der Waals surface area contributed by atoms with E-state index in [1.54, 1.807) is 19.9 Å². The minimum absolute atomic E-state index is 0.0222. The van der Waals surface area contributed by atoms with Crippen molar-refractivity contribution in [2.24, 2.45) is 5.92 Å². The lowest BCUT2D eigenvalue weighted by Crippen LogP contribution is -2.27. The number of alkyl halides is 2. The molecule has 0 spiro atoms. The third-order valence-corrected chi connectivity index (χ3v) is 6.24. The SMILES string of the molecule is CCCc1ccc(C2=C(F)C3=C(CC2C)c2ccc(OCC)c(F)c2C(F)C3F)c(F)c1. The van der Waals surface area contributed by atoms with E-state index in [9.17, 15) is 8.78 Å². The van der Waals surface area contributed by atoms with E-state index < -0.39 is 46.9 Å². The predicted octanol–water partition coefficient (Wildman–Crippen LogP) is 7.85. The van der Waals surface area contributed by atoms with Crippen molar-refractivity contribution in [1.82, 2.24) is 0 Å². The van der Waals surface area contributed by atoms with Gasteiger partial charge in [-0.2, -0.15) is 0 Å². The summed E-state index contributed by atoms with van der Waals surface area (Å²) in [6.07, 6.45) is -3.12. The molecule has 2 aromatic carbocycles. The van der Waals surface area contributed by atoms with Crippen LogP contribution in [0.5, 0.6) is 5.75 Å². The minimum atomic E-state index is -2.39. The molecule has 0 heterocycles. The van der Waals surface area contributed by atoms with Gasteiger partial charge in [-0.05, 0) is 54.5 Å². The van der Waals surface area contributed by atoms with Gasteiger partial charge in [0.05, 0.1) is 6.61 Å². The second-order valence-electron chi connectivity index (χ2n) is 8.36. The molecule has 0 fully saturated rings. The Balaban J connectivity index is 1.88. The van der Waals surface area contributed by atoms with E-state index in [2.05, 4.69) is 0 Å². The van der Waals surface area contributed by atoms with E-state index in [0.717, 1.165) is 12.0 Å². The first-order valence-corrected chi connectivity index (χ1v) is 11.0. The van der Waals surface area contributed by atoms with Gasteiger partial charge in [0.2, 0.25) is 0 Å². The van der Waals surface area contributed by atoms with Crippen LogP contribution in [-0.2, 0) is 6.42 Å². The number of hydrogen-bond donors (Lipinski definition) is 0. The fourth-order valence-electron chi connectivity index (χ4n) is 4.82. The molecule has 2 aliphatic rings. The van der Waals surface area contributed by atoms with Crippen molar-refractivity contribution in [2.45, 2.75) is 52.4 Å². The summed E-state index contributed by atoms with van der Waals surface area (Å²) in [5, 5.41) is 0. The highest BCUT2D eigenvalue weighted by Gasteiger charge is 2.44. The number of rotatable bonds is 5. The topological polar surface area (TPSA) is 9.23 Å². The van der Waals surface area contributed by atoms with Crippen LogP contribution in [0.15, 0.2) is 41.7 Å². The molecule has 6 heteroatoms. The Labute approximate surface area is 184 Å². The molecule has 2 aliphatic carbocycles. The summed E-state index contributed by atoms with van der Waals surface area (Å²) in [6.45, 7) is 5.50. The summed E-state index contributed by atoms with van der Waals surface area (Å²) < 4.78 is 80.9. The van der Waals surface area contributed by atoms with Crippen LogP contribution in [0, 0.1) is 17.6 Å². The second-order valence-corrected chi connectivity index (χ2v) is 8.36. The van der Waals surface area contributed by atoms with Crippen LogP contribution >= 0.6 is 0 Å². The van der Waals surface area contributed by atoms with Gasteiger partial charge in [-0.1, -0.05) is 38.5 Å². The van der Waals surface area contributed by atoms with Crippen molar-refractivity contribution in [1.29, 1.82) is 0 Å². The van der Waals surface area contributed by atoms with E-state index in [-0.39, 0.29) is 41.1 Å². The maximum absolute atomic E-state index is 15.7. The Bertz CT molecular complexity index is 1120. The van der Waals surface area contributed by atoms with E-state index >= 15 is 13.2 Å². The second kappa shape index (κ2) is 8.72. The van der Waals surface area contributed by atoms with Crippen LogP contribution in [0.25, 0.3) is 11.1 Å². The molecule has 0 bridgehead atoms. The highest BCUT2D eigenvalue weighted by molar-refractivity contribution is 5.87. The summed E-state index contributed by atoms with van der Waals surface area (Å²) in [6, 6.07) is 7.39. The molecule has 0 saturated heterocycles. The molecule has 0 N–H and O–H groups in total. The molecule has 170 valence electrons. The molecule has 32 heavy (non-hydrogen) atoms. The standard InChI is InChI=1S/C26H25F5O/c1-4-6-14-7-8-16(18(27)12-14)20-13(3)11-17-15-9-10-19(32-5-2)23(28)21(15)25(30)26(31)22(17)24(20)29/h7-10,12-13,25-26H,4-6,11H2,1-3H3. The monoisotopic (exact) mass is 448 g/mol. The summed E-state index contributed by atoms with van der Waals surface area (Å²) in [4.78, 5) is 0. The lowest BCUT2D eigenvalue weighted by atomic mass is 9.72. The van der Waals surface area contributed by atoms with Crippen molar-refractivity contribution in [3.8, 4) is 5.75 Å². The molecule has 0 aromatic heterocycles. The first-order valence-electron chi connectivity index (χ1n) is 11.0. The highest BCUT2D eigenvalue weighted by atomic mass is 19.2. The third kappa shape index (κ3) is 3.54. The largest absolute Gasteiger partial charge is 0.491 e. The van der Waals surface area contributed by atoms with Crippen molar-refractivity contribution < 1.29 is 26.7 Å². The van der Waals surface area contributed by atoms with Crippen LogP contribution in [0.1, 0.15) is 62.0 Å². The van der Waals surface area contributed by atoms with Crippen molar-refractivity contribution in [3.63, 3.8) is 0 Å². The van der Waals surface area contributed by atoms with E-state index in [1.807, 2.05) is 6.92 Å². The molecule has 0 aliphatic heterocycles. The third-order valence-electron chi connectivity index (χ3n) is 6.24. The zero-order chi connectivity index (χ0) is 23.2. The van der Waals surface area contributed by atoms with Gasteiger partial charge in [0.1, 0.15) is 11.6 Å². The number of halogens is 5. The summed E-state index contributed by atoms with van der Waals surface area (Å²) in [5.41, 5.74) is 0.334. The molecule has 1 nitrogen and oxygen atoms in total. The lowest BCUT2D eigenvalue weighted by Gasteiger charge is -2.35. The Morgan fingerprint density at radius 2 is 1.66 bits per heavy atom. The maximum Gasteiger partial charge on any atom is 0.171 e. The first kappa shape index (κ1) is 22.6. The first-order chi connectivity index (χ1) is 15.3.